The fourth-order valence-electron chi connectivity index (χ4n) is 2.40. The third-order valence-electron chi connectivity index (χ3n) is 3.20. The van der Waals surface area contributed by atoms with Crippen molar-refractivity contribution in [3.63, 3.8) is 0 Å². The van der Waals surface area contributed by atoms with E-state index >= 15 is 0 Å². The average Bonchev–Trinajstić information content (AvgIpc) is 2.64. The van der Waals surface area contributed by atoms with Crippen LogP contribution in [0.5, 0.6) is 0 Å². The third-order valence-corrected chi connectivity index (χ3v) is 3.20. The Kier molecular flexibility index (Phi) is 6.87. The molecule has 0 aliphatic carbocycles. The highest BCUT2D eigenvalue weighted by atomic mass is 16.3. The second-order valence-corrected chi connectivity index (χ2v) is 4.90. The van der Waals surface area contributed by atoms with Gasteiger partial charge in [0, 0.05) is 32.2 Å². The molecule has 0 amide bonds. The van der Waals surface area contributed by atoms with Crippen LogP contribution in [0.3, 0.4) is 0 Å². The monoisotopic (exact) mass is 268 g/mol. The minimum Gasteiger partial charge on any atom is -0.395 e. The van der Waals surface area contributed by atoms with E-state index in [4.69, 9.17) is 0 Å². The molecule has 5 nitrogen and oxygen atoms in total. The van der Waals surface area contributed by atoms with Gasteiger partial charge in [0.05, 0.1) is 12.3 Å². The number of nitrogens with one attached hydrogen (secondary N) is 1. The van der Waals surface area contributed by atoms with Crippen molar-refractivity contribution in [3.8, 4) is 0 Å². The smallest absolute Gasteiger partial charge is 0.131 e. The van der Waals surface area contributed by atoms with Crippen molar-refractivity contribution >= 4 is 5.82 Å². The Morgan fingerprint density at radius 2 is 2.00 bits per heavy atom. The Hall–Kier alpha value is -1.07. The van der Waals surface area contributed by atoms with Crippen LogP contribution in [0.1, 0.15) is 37.9 Å². The molecule has 2 N–H and O–H groups in total. The molecule has 0 fully saturated rings. The maximum absolute atomic E-state index is 9.24. The van der Waals surface area contributed by atoms with Gasteiger partial charge in [-0.15, -0.1) is 0 Å². The Bertz CT molecular complexity index is 370. The molecule has 0 bridgehead atoms. The molecule has 0 saturated heterocycles. The number of hydrogen-bond donors (Lipinski definition) is 2. The zero-order chi connectivity index (χ0) is 14.3. The first-order chi connectivity index (χ1) is 9.15. The minimum absolute atomic E-state index is 0.173. The van der Waals surface area contributed by atoms with Crippen LogP contribution >= 0.6 is 0 Å². The standard InChI is InChI=1S/C14H28N4O/c1-5-7-15-11-13-12(3)16-17(4)14(13)18(8-6-2)9-10-19/h15,19H,5-11H2,1-4H3. The molecule has 0 spiro atoms. The quantitative estimate of drug-likeness (QED) is 0.665. The lowest BCUT2D eigenvalue weighted by Gasteiger charge is -2.24. The van der Waals surface area contributed by atoms with Crippen LogP contribution in [0.15, 0.2) is 0 Å². The molecule has 1 aromatic rings. The first-order valence-corrected chi connectivity index (χ1v) is 7.24. The van der Waals surface area contributed by atoms with E-state index in [1.54, 1.807) is 0 Å². The van der Waals surface area contributed by atoms with Crippen LogP contribution < -0.4 is 10.2 Å². The number of anilines is 1. The van der Waals surface area contributed by atoms with Crippen LogP contribution in [-0.2, 0) is 13.6 Å². The van der Waals surface area contributed by atoms with E-state index < -0.39 is 0 Å². The van der Waals surface area contributed by atoms with Crippen molar-refractivity contribution in [3.05, 3.63) is 11.3 Å². The van der Waals surface area contributed by atoms with E-state index in [1.165, 1.54) is 5.56 Å². The van der Waals surface area contributed by atoms with Gasteiger partial charge >= 0.3 is 0 Å². The van der Waals surface area contributed by atoms with Crippen molar-refractivity contribution in [2.45, 2.75) is 40.2 Å². The highest BCUT2D eigenvalue weighted by Crippen LogP contribution is 2.23. The Balaban J connectivity index is 2.94. The van der Waals surface area contributed by atoms with E-state index in [0.29, 0.717) is 6.54 Å². The second-order valence-electron chi connectivity index (χ2n) is 4.90. The molecule has 19 heavy (non-hydrogen) atoms. The number of hydrogen-bond acceptors (Lipinski definition) is 4. The van der Waals surface area contributed by atoms with Crippen molar-refractivity contribution in [2.24, 2.45) is 7.05 Å². The zero-order valence-electron chi connectivity index (χ0n) is 12.7. The van der Waals surface area contributed by atoms with Gasteiger partial charge in [0.15, 0.2) is 0 Å². The Morgan fingerprint density at radius 1 is 1.26 bits per heavy atom. The number of aryl methyl sites for hydroxylation is 2. The van der Waals surface area contributed by atoms with E-state index in [2.05, 4.69) is 36.1 Å². The summed E-state index contributed by atoms with van der Waals surface area (Å²) < 4.78 is 1.93. The summed E-state index contributed by atoms with van der Waals surface area (Å²) in [6.45, 7) is 10.0. The van der Waals surface area contributed by atoms with Crippen LogP contribution in [-0.4, -0.2) is 41.1 Å². The molecule has 0 aromatic carbocycles. The molecule has 110 valence electrons. The van der Waals surface area contributed by atoms with Crippen molar-refractivity contribution in [2.75, 3.05) is 31.1 Å². The molecule has 0 radical (unpaired) electrons. The summed E-state index contributed by atoms with van der Waals surface area (Å²) in [5.74, 6) is 1.14. The van der Waals surface area contributed by atoms with Gasteiger partial charge in [0.25, 0.3) is 0 Å². The van der Waals surface area contributed by atoms with Crippen molar-refractivity contribution in [1.82, 2.24) is 15.1 Å². The molecule has 0 aliphatic heterocycles. The number of aliphatic hydroxyl groups excluding tert-OH is 1. The average molecular weight is 268 g/mol. The van der Waals surface area contributed by atoms with Gasteiger partial charge in [0.1, 0.15) is 5.82 Å². The van der Waals surface area contributed by atoms with E-state index in [0.717, 1.165) is 44.0 Å². The Morgan fingerprint density at radius 3 is 2.58 bits per heavy atom. The van der Waals surface area contributed by atoms with Crippen LogP contribution in [0.4, 0.5) is 5.82 Å². The number of rotatable bonds is 9. The maximum Gasteiger partial charge on any atom is 0.131 e. The SMILES string of the molecule is CCCNCc1c(C)nn(C)c1N(CCC)CCO. The fraction of sp³-hybridized carbons (Fsp3) is 0.786. The molecule has 0 aliphatic rings. The first-order valence-electron chi connectivity index (χ1n) is 7.24. The van der Waals surface area contributed by atoms with E-state index in [1.807, 2.05) is 11.7 Å². The summed E-state index contributed by atoms with van der Waals surface area (Å²) in [4.78, 5) is 2.23. The first kappa shape index (κ1) is 16.0. The zero-order valence-corrected chi connectivity index (χ0v) is 12.7. The fourth-order valence-corrected chi connectivity index (χ4v) is 2.40. The molecule has 1 rings (SSSR count). The molecule has 0 saturated carbocycles. The third kappa shape index (κ3) is 4.21. The van der Waals surface area contributed by atoms with E-state index in [-0.39, 0.29) is 6.61 Å². The van der Waals surface area contributed by atoms with Gasteiger partial charge < -0.3 is 15.3 Å². The normalized spacial score (nSPS) is 11.0. The van der Waals surface area contributed by atoms with Gasteiger partial charge in [-0.25, -0.2) is 0 Å². The van der Waals surface area contributed by atoms with Crippen molar-refractivity contribution < 1.29 is 5.11 Å². The van der Waals surface area contributed by atoms with Gasteiger partial charge in [0.2, 0.25) is 0 Å². The summed E-state index contributed by atoms with van der Waals surface area (Å²) in [5, 5.41) is 17.2. The molecule has 1 aromatic heterocycles. The van der Waals surface area contributed by atoms with Crippen LogP contribution in [0.2, 0.25) is 0 Å². The predicted octanol–water partition coefficient (Wildman–Crippen LogP) is 1.44. The van der Waals surface area contributed by atoms with Gasteiger partial charge in [-0.3, -0.25) is 4.68 Å². The van der Waals surface area contributed by atoms with Crippen molar-refractivity contribution in [1.29, 1.82) is 0 Å². The number of aliphatic hydroxyl groups is 1. The largest absolute Gasteiger partial charge is 0.395 e. The van der Waals surface area contributed by atoms with Gasteiger partial charge in [-0.1, -0.05) is 13.8 Å². The lowest BCUT2D eigenvalue weighted by atomic mass is 10.2. The molecule has 5 heteroatoms. The van der Waals surface area contributed by atoms with Crippen LogP contribution in [0.25, 0.3) is 0 Å². The molecular formula is C14H28N4O. The lowest BCUT2D eigenvalue weighted by Crippen LogP contribution is -2.31. The highest BCUT2D eigenvalue weighted by molar-refractivity contribution is 5.50. The van der Waals surface area contributed by atoms with Gasteiger partial charge in [-0.05, 0) is 26.3 Å². The topological polar surface area (TPSA) is 53.3 Å². The number of aromatic nitrogens is 2. The molecule has 1 heterocycles. The molecule has 0 unspecified atom stereocenters. The predicted molar refractivity (Wildman–Crippen MR) is 79.5 cm³/mol. The Labute approximate surface area is 116 Å². The van der Waals surface area contributed by atoms with Gasteiger partial charge in [-0.2, -0.15) is 5.10 Å². The molecule has 0 atom stereocenters. The second kappa shape index (κ2) is 8.17. The number of nitrogens with zero attached hydrogens (tertiary/aromatic N) is 3. The summed E-state index contributed by atoms with van der Waals surface area (Å²) in [6.07, 6.45) is 2.19. The van der Waals surface area contributed by atoms with Crippen LogP contribution in [0, 0.1) is 6.92 Å². The lowest BCUT2D eigenvalue weighted by molar-refractivity contribution is 0.301. The molecular weight excluding hydrogens is 240 g/mol. The summed E-state index contributed by atoms with van der Waals surface area (Å²) in [7, 11) is 1.98. The maximum atomic E-state index is 9.24. The summed E-state index contributed by atoms with van der Waals surface area (Å²) >= 11 is 0. The van der Waals surface area contributed by atoms with E-state index in [9.17, 15) is 5.11 Å². The highest BCUT2D eigenvalue weighted by Gasteiger charge is 2.18. The summed E-state index contributed by atoms with van der Waals surface area (Å²) in [6, 6.07) is 0. The summed E-state index contributed by atoms with van der Waals surface area (Å²) in [5.41, 5.74) is 2.32. The minimum atomic E-state index is 0.173.